The third-order valence-electron chi connectivity index (χ3n) is 6.40. The Labute approximate surface area is 238 Å². The Balaban J connectivity index is 1.28. The molecule has 1 N–H and O–H groups in total. The van der Waals surface area contributed by atoms with E-state index in [1.165, 1.54) is 16.8 Å². The van der Waals surface area contributed by atoms with Crippen molar-refractivity contribution in [3.8, 4) is 5.75 Å². The van der Waals surface area contributed by atoms with Gasteiger partial charge in [-0.05, 0) is 60.7 Å². The quantitative estimate of drug-likeness (QED) is 0.251. The fourth-order valence-corrected chi connectivity index (χ4v) is 5.93. The van der Waals surface area contributed by atoms with E-state index < -0.39 is 5.91 Å². The number of nitrogens with one attached hydrogen (secondary N) is 1. The summed E-state index contributed by atoms with van der Waals surface area (Å²) in [5, 5.41) is 17.8. The molecule has 3 heterocycles. The zero-order chi connectivity index (χ0) is 27.1. The van der Waals surface area contributed by atoms with Crippen LogP contribution in [0.3, 0.4) is 0 Å². The molecule has 0 atom stereocenters. The number of hydrogen-bond acceptors (Lipinski definition) is 5. The average molecular weight is 574 g/mol. The number of amidine groups is 2. The van der Waals surface area contributed by atoms with Gasteiger partial charge in [-0.2, -0.15) is 15.1 Å². The summed E-state index contributed by atoms with van der Waals surface area (Å²) in [6.45, 7) is 3.00. The number of aliphatic imine (C=N–C) groups is 1. The average Bonchev–Trinajstić information content (AvgIpc) is 3.50. The number of para-hydroxylation sites is 1. The van der Waals surface area contributed by atoms with Gasteiger partial charge in [-0.15, -0.1) is 0 Å². The molecule has 0 radical (unpaired) electrons. The summed E-state index contributed by atoms with van der Waals surface area (Å²) < 4.78 is 8.09. The lowest BCUT2D eigenvalue weighted by Gasteiger charge is -2.20. The third kappa shape index (κ3) is 4.87. The molecule has 2 aliphatic heterocycles. The van der Waals surface area contributed by atoms with Gasteiger partial charge in [-0.3, -0.25) is 10.2 Å². The van der Waals surface area contributed by atoms with E-state index in [9.17, 15) is 4.79 Å². The first-order chi connectivity index (χ1) is 18.9. The fourth-order valence-electron chi connectivity index (χ4n) is 4.50. The maximum atomic E-state index is 13.0. The topological polar surface area (TPSA) is 83.0 Å². The number of halogens is 2. The molecule has 0 bridgehead atoms. The second kappa shape index (κ2) is 10.4. The Bertz CT molecular complexity index is 1760. The Morgan fingerprint density at radius 1 is 1.08 bits per heavy atom. The molecule has 0 fully saturated rings. The van der Waals surface area contributed by atoms with Gasteiger partial charge in [0.15, 0.2) is 5.84 Å². The number of carbonyl (C=O) groups excluding carboxylic acids is 1. The van der Waals surface area contributed by atoms with Gasteiger partial charge in [0.25, 0.3) is 5.91 Å². The maximum Gasteiger partial charge on any atom is 0.283 e. The van der Waals surface area contributed by atoms with Crippen LogP contribution in [0.5, 0.6) is 5.75 Å². The van der Waals surface area contributed by atoms with Gasteiger partial charge in [0.2, 0.25) is 5.17 Å². The Morgan fingerprint density at radius 3 is 2.69 bits per heavy atom. The van der Waals surface area contributed by atoms with Gasteiger partial charge in [0.05, 0.1) is 17.1 Å². The number of rotatable bonds is 6. The summed E-state index contributed by atoms with van der Waals surface area (Å²) in [4.78, 5) is 17.3. The van der Waals surface area contributed by atoms with Crippen LogP contribution >= 0.6 is 35.0 Å². The molecule has 3 aromatic carbocycles. The minimum atomic E-state index is -0.479. The summed E-state index contributed by atoms with van der Waals surface area (Å²) in [5.41, 5.74) is 3.67. The van der Waals surface area contributed by atoms with E-state index in [0.29, 0.717) is 33.4 Å². The highest BCUT2D eigenvalue weighted by molar-refractivity contribution is 8.27. The van der Waals surface area contributed by atoms with Crippen molar-refractivity contribution in [2.45, 2.75) is 13.5 Å². The molecule has 0 saturated heterocycles. The zero-order valence-corrected chi connectivity index (χ0v) is 23.0. The first-order valence-electron chi connectivity index (χ1n) is 12.1. The molecule has 194 valence electrons. The summed E-state index contributed by atoms with van der Waals surface area (Å²) in [7, 11) is 0. The molecule has 4 aromatic rings. The second-order valence-corrected chi connectivity index (χ2v) is 10.8. The van der Waals surface area contributed by atoms with E-state index in [-0.39, 0.29) is 11.4 Å². The highest BCUT2D eigenvalue weighted by Crippen LogP contribution is 2.34. The zero-order valence-electron chi connectivity index (χ0n) is 20.7. The molecule has 0 spiro atoms. The lowest BCUT2D eigenvalue weighted by atomic mass is 10.1. The van der Waals surface area contributed by atoms with E-state index in [0.717, 1.165) is 33.3 Å². The molecule has 1 aromatic heterocycles. The Hall–Kier alpha value is -3.85. The molecule has 39 heavy (non-hydrogen) atoms. The number of nitrogens with zero attached hydrogens (tertiary/aromatic N) is 4. The SMILES string of the molecule is Cc1cc(Cl)ccc1OCCn1cc(/C=C2/C(=N)N3N=C(c4ccccc4Cl)SC3=NC2=O)c2ccccc21. The highest BCUT2D eigenvalue weighted by Gasteiger charge is 2.36. The van der Waals surface area contributed by atoms with Crippen LogP contribution < -0.4 is 4.74 Å². The van der Waals surface area contributed by atoms with E-state index in [1.807, 2.05) is 73.8 Å². The third-order valence-corrected chi connectivity index (χ3v) is 7.91. The number of aryl methyl sites for hydroxylation is 1. The van der Waals surface area contributed by atoms with E-state index in [1.54, 1.807) is 12.1 Å². The number of hydrazone groups is 1. The van der Waals surface area contributed by atoms with Gasteiger partial charge in [0, 0.05) is 33.2 Å². The van der Waals surface area contributed by atoms with Crippen LogP contribution in [0.15, 0.2) is 88.6 Å². The van der Waals surface area contributed by atoms with Crippen LogP contribution in [-0.2, 0) is 11.3 Å². The predicted octanol–water partition coefficient (Wildman–Crippen LogP) is 7.00. The lowest BCUT2D eigenvalue weighted by molar-refractivity contribution is -0.114. The Kier molecular flexibility index (Phi) is 6.76. The highest BCUT2D eigenvalue weighted by atomic mass is 35.5. The van der Waals surface area contributed by atoms with Crippen LogP contribution in [0.1, 0.15) is 16.7 Å². The number of carbonyl (C=O) groups is 1. The first-order valence-corrected chi connectivity index (χ1v) is 13.7. The molecule has 0 saturated carbocycles. The van der Waals surface area contributed by atoms with Crippen molar-refractivity contribution in [3.05, 3.63) is 105 Å². The van der Waals surface area contributed by atoms with Crippen molar-refractivity contribution >= 4 is 73.9 Å². The number of thioether (sulfide) groups is 1. The number of fused-ring (bicyclic) bond motifs is 2. The molecule has 1 amide bonds. The minimum Gasteiger partial charge on any atom is -0.491 e. The lowest BCUT2D eigenvalue weighted by Crippen LogP contribution is -2.35. The normalized spacial score (nSPS) is 16.1. The molecule has 7 nitrogen and oxygen atoms in total. The molecule has 0 aliphatic carbocycles. The predicted molar refractivity (Wildman–Crippen MR) is 159 cm³/mol. The maximum absolute atomic E-state index is 13.0. The Morgan fingerprint density at radius 2 is 1.87 bits per heavy atom. The number of benzene rings is 3. The number of hydrogen-bond donors (Lipinski definition) is 1. The van der Waals surface area contributed by atoms with Crippen LogP contribution in [0.4, 0.5) is 0 Å². The van der Waals surface area contributed by atoms with Crippen LogP contribution in [0.25, 0.3) is 17.0 Å². The van der Waals surface area contributed by atoms with Crippen molar-refractivity contribution in [3.63, 3.8) is 0 Å². The molecule has 2 aliphatic rings. The van der Waals surface area contributed by atoms with Crippen LogP contribution in [0.2, 0.25) is 10.0 Å². The molecule has 0 unspecified atom stereocenters. The largest absolute Gasteiger partial charge is 0.491 e. The van der Waals surface area contributed by atoms with Crippen LogP contribution in [0, 0.1) is 12.3 Å². The number of amides is 1. The minimum absolute atomic E-state index is 0.0297. The number of ether oxygens (including phenoxy) is 1. The second-order valence-electron chi connectivity index (χ2n) is 8.96. The summed E-state index contributed by atoms with van der Waals surface area (Å²) >= 11 is 13.6. The van der Waals surface area contributed by atoms with E-state index in [4.69, 9.17) is 33.3 Å². The van der Waals surface area contributed by atoms with Crippen molar-refractivity contribution in [2.24, 2.45) is 10.1 Å². The molecule has 10 heteroatoms. The monoisotopic (exact) mass is 573 g/mol. The van der Waals surface area contributed by atoms with Crippen molar-refractivity contribution in [1.82, 2.24) is 9.58 Å². The van der Waals surface area contributed by atoms with Crippen LogP contribution in [-0.4, -0.2) is 38.1 Å². The molecular formula is C29H21Cl2N5O2S. The number of aromatic nitrogens is 1. The van der Waals surface area contributed by atoms with Gasteiger partial charge >= 0.3 is 0 Å². The first kappa shape index (κ1) is 25.4. The van der Waals surface area contributed by atoms with Crippen molar-refractivity contribution in [2.75, 3.05) is 6.61 Å². The van der Waals surface area contributed by atoms with Crippen molar-refractivity contribution < 1.29 is 9.53 Å². The van der Waals surface area contributed by atoms with E-state index in [2.05, 4.69) is 14.7 Å². The van der Waals surface area contributed by atoms with Gasteiger partial charge in [-0.25, -0.2) is 0 Å². The fraction of sp³-hybridized carbons (Fsp3) is 0.103. The molecule has 6 rings (SSSR count). The van der Waals surface area contributed by atoms with Gasteiger partial charge in [-0.1, -0.05) is 59.6 Å². The molecular weight excluding hydrogens is 553 g/mol. The van der Waals surface area contributed by atoms with E-state index >= 15 is 0 Å². The van der Waals surface area contributed by atoms with Gasteiger partial charge in [0.1, 0.15) is 17.4 Å². The summed E-state index contributed by atoms with van der Waals surface area (Å²) in [6.07, 6.45) is 3.67. The van der Waals surface area contributed by atoms with Gasteiger partial charge < -0.3 is 9.30 Å². The summed E-state index contributed by atoms with van der Waals surface area (Å²) in [5.74, 6) is 0.277. The smallest absolute Gasteiger partial charge is 0.283 e. The van der Waals surface area contributed by atoms with Crippen molar-refractivity contribution in [1.29, 1.82) is 5.41 Å². The standard InChI is InChI=1S/C29H21Cl2N5O2S/c1-17-14-19(30)10-11-25(17)38-13-12-35-16-18(20-6-3-5-9-24(20)35)15-22-26(32)36-29(33-27(22)37)39-28(34-36)21-7-2-4-8-23(21)31/h2-11,14-16,32H,12-13H2,1H3/b22-15-,32-26?. The summed E-state index contributed by atoms with van der Waals surface area (Å²) in [6, 6.07) is 20.8.